The molecule has 4 bridgehead atoms. The maximum atomic E-state index is 13.3. The number of likely N-dealkylation sites (tertiary alicyclic amines) is 1. The fraction of sp³-hybridized carbons (Fsp3) is 0.468. The second kappa shape index (κ2) is 15.9. The van der Waals surface area contributed by atoms with Crippen molar-refractivity contribution >= 4 is 17.6 Å². The molecule has 0 radical (unpaired) electrons. The highest BCUT2D eigenvalue weighted by molar-refractivity contribution is 6.30. The lowest BCUT2D eigenvalue weighted by Crippen LogP contribution is -2.61. The molecule has 4 aromatic rings. The molecular weight excluding hydrogens is 722 g/mol. The van der Waals surface area contributed by atoms with Gasteiger partial charge in [-0.15, -0.1) is 0 Å². The Bertz CT molecular complexity index is 1940. The van der Waals surface area contributed by atoms with Crippen LogP contribution >= 0.6 is 11.6 Å². The number of aliphatic hydroxyl groups is 2. The van der Waals surface area contributed by atoms with E-state index in [9.17, 15) is 15.0 Å². The van der Waals surface area contributed by atoms with Crippen LogP contribution in [-0.2, 0) is 28.2 Å². The number of rotatable bonds is 10. The molecule has 9 heteroatoms. The molecule has 4 aromatic carbocycles. The normalized spacial score (nSPS) is 29.6. The minimum atomic E-state index is -0.867. The Morgan fingerprint density at radius 3 is 2.09 bits per heavy atom. The van der Waals surface area contributed by atoms with E-state index in [-0.39, 0.29) is 30.4 Å². The van der Waals surface area contributed by atoms with Crippen LogP contribution in [-0.4, -0.2) is 52.4 Å². The smallest absolute Gasteiger partial charge is 0.315 e. The van der Waals surface area contributed by atoms with Gasteiger partial charge in [-0.1, -0.05) is 96.5 Å². The number of halogens is 1. The van der Waals surface area contributed by atoms with Crippen LogP contribution in [0.25, 0.3) is 11.1 Å². The first-order chi connectivity index (χ1) is 27.2. The van der Waals surface area contributed by atoms with E-state index < -0.39 is 11.9 Å². The molecule has 2 heterocycles. The van der Waals surface area contributed by atoms with Crippen LogP contribution in [0, 0.1) is 17.8 Å². The highest BCUT2D eigenvalue weighted by atomic mass is 35.5. The van der Waals surface area contributed by atoms with E-state index in [0.29, 0.717) is 30.8 Å². The van der Waals surface area contributed by atoms with Crippen molar-refractivity contribution in [3.63, 3.8) is 0 Å². The molecule has 0 unspecified atom stereocenters. The molecule has 2 aliphatic heterocycles. The maximum absolute atomic E-state index is 13.3. The molecular formula is C47H54ClN3O5. The van der Waals surface area contributed by atoms with E-state index in [4.69, 9.17) is 21.1 Å². The molecule has 0 aromatic heterocycles. The van der Waals surface area contributed by atoms with Crippen molar-refractivity contribution in [2.45, 2.75) is 101 Å². The zero-order valence-corrected chi connectivity index (χ0v) is 32.8. The third-order valence-corrected chi connectivity index (χ3v) is 13.8. The number of amides is 2. The first-order valence-electron chi connectivity index (χ1n) is 20.7. The second-order valence-electron chi connectivity index (χ2n) is 17.5. The molecule has 2 amide bonds. The number of carbonyl (C=O) groups excluding carboxylic acids is 1. The van der Waals surface area contributed by atoms with Crippen molar-refractivity contribution in [1.82, 2.24) is 15.5 Å². The van der Waals surface area contributed by atoms with E-state index in [1.54, 1.807) is 0 Å². The van der Waals surface area contributed by atoms with Gasteiger partial charge in [-0.25, -0.2) is 4.79 Å². The van der Waals surface area contributed by atoms with Crippen molar-refractivity contribution < 1.29 is 24.5 Å². The Hall–Kier alpha value is -3.76. The van der Waals surface area contributed by atoms with Crippen molar-refractivity contribution in [3.8, 4) is 11.1 Å². The van der Waals surface area contributed by atoms with Crippen LogP contribution in [0.1, 0.15) is 98.0 Å². The average molecular weight is 776 g/mol. The van der Waals surface area contributed by atoms with Gasteiger partial charge in [-0.05, 0) is 115 Å². The van der Waals surface area contributed by atoms with Gasteiger partial charge in [0.2, 0.25) is 0 Å². The van der Waals surface area contributed by atoms with Crippen molar-refractivity contribution in [1.29, 1.82) is 0 Å². The number of piperidine rings is 1. The predicted octanol–water partition coefficient (Wildman–Crippen LogP) is 8.80. The predicted molar refractivity (Wildman–Crippen MR) is 218 cm³/mol. The summed E-state index contributed by atoms with van der Waals surface area (Å²) in [7, 11) is 0. The second-order valence-corrected chi connectivity index (χ2v) is 17.9. The molecule has 3 atom stereocenters. The minimum absolute atomic E-state index is 0.00191. The van der Waals surface area contributed by atoms with Crippen LogP contribution in [0.4, 0.5) is 4.79 Å². The van der Waals surface area contributed by atoms with Crippen molar-refractivity contribution in [2.24, 2.45) is 17.8 Å². The molecule has 8 nitrogen and oxygen atoms in total. The monoisotopic (exact) mass is 775 g/mol. The van der Waals surface area contributed by atoms with E-state index in [2.05, 4.69) is 51.9 Å². The molecule has 4 saturated carbocycles. The summed E-state index contributed by atoms with van der Waals surface area (Å²) in [5.74, 6) is 2.34. The maximum Gasteiger partial charge on any atom is 0.315 e. The van der Waals surface area contributed by atoms with Crippen LogP contribution in [0.3, 0.4) is 0 Å². The minimum Gasteiger partial charge on any atom is -0.392 e. The number of nitrogens with one attached hydrogen (secondary N) is 2. The van der Waals surface area contributed by atoms with Gasteiger partial charge in [0.05, 0.1) is 24.4 Å². The number of urea groups is 1. The zero-order chi connectivity index (χ0) is 38.3. The van der Waals surface area contributed by atoms with Crippen LogP contribution in [0.15, 0.2) is 97.1 Å². The SMILES string of the molecule is O=C(NCc1ccccc1-c1ccc([C@H]2O[C@@H](CN3CCC(O)(c4ccc(Cl)cc4)CC3)C[C@@H](c3ccc(CO)cc3)O2)cc1)NC12CC3CC(CC(C3)C1)C2. The Kier molecular flexibility index (Phi) is 10.7. The fourth-order valence-electron chi connectivity index (χ4n) is 11.0. The van der Waals surface area contributed by atoms with Crippen molar-refractivity contribution in [3.05, 3.63) is 130 Å². The Labute approximate surface area is 335 Å². The van der Waals surface area contributed by atoms with E-state index in [0.717, 1.165) is 95.6 Å². The largest absolute Gasteiger partial charge is 0.392 e. The number of hydrogen-bond acceptors (Lipinski definition) is 6. The first-order valence-corrected chi connectivity index (χ1v) is 21.0. The molecule has 4 aliphatic carbocycles. The first kappa shape index (κ1) is 37.8. The number of benzene rings is 4. The van der Waals surface area contributed by atoms with Crippen molar-refractivity contribution in [2.75, 3.05) is 19.6 Å². The summed E-state index contributed by atoms with van der Waals surface area (Å²) < 4.78 is 13.4. The van der Waals surface area contributed by atoms with E-state index in [1.807, 2.05) is 60.7 Å². The number of aliphatic hydroxyl groups excluding tert-OH is 1. The lowest BCUT2D eigenvalue weighted by molar-refractivity contribution is -0.253. The summed E-state index contributed by atoms with van der Waals surface area (Å²) in [6.07, 6.45) is 8.60. The van der Waals surface area contributed by atoms with Crippen LogP contribution in [0.5, 0.6) is 0 Å². The lowest BCUT2D eigenvalue weighted by Gasteiger charge is -2.56. The summed E-state index contributed by atoms with van der Waals surface area (Å²) in [4.78, 5) is 15.7. The van der Waals surface area contributed by atoms with Gasteiger partial charge >= 0.3 is 6.03 Å². The third-order valence-electron chi connectivity index (χ3n) is 13.5. The van der Waals surface area contributed by atoms with Gasteiger partial charge in [-0.3, -0.25) is 0 Å². The zero-order valence-electron chi connectivity index (χ0n) is 32.0. The molecule has 294 valence electrons. The standard InChI is InChI=1S/C47H54ClN3O5/c48-40-15-13-39(14-16-40)47(54)17-19-51(20-18-47)29-41-24-43(36-7-5-31(30-52)6-8-36)56-44(55-41)37-11-9-35(10-12-37)42-4-2-1-3-38(42)28-49-45(53)50-46-25-32-21-33(26-46)23-34(22-32)27-46/h1-16,32-34,41,43-44,52,54H,17-30H2,(H2,49,50,53)/t32?,33?,34?,41-,43+,44+,46?/m1/s1. The lowest BCUT2D eigenvalue weighted by atomic mass is 9.53. The van der Waals surface area contributed by atoms with Crippen LogP contribution < -0.4 is 10.6 Å². The third kappa shape index (κ3) is 8.15. The highest BCUT2D eigenvalue weighted by Gasteiger charge is 2.51. The number of nitrogens with zero attached hydrogens (tertiary/aromatic N) is 1. The van der Waals surface area contributed by atoms with Gasteiger partial charge in [0, 0.05) is 48.7 Å². The van der Waals surface area contributed by atoms with Gasteiger partial charge < -0.3 is 35.2 Å². The number of hydrogen-bond donors (Lipinski definition) is 4. The Morgan fingerprint density at radius 1 is 0.786 bits per heavy atom. The fourth-order valence-corrected chi connectivity index (χ4v) is 11.1. The summed E-state index contributed by atoms with van der Waals surface area (Å²) in [6, 6.07) is 32.2. The summed E-state index contributed by atoms with van der Waals surface area (Å²) in [6.45, 7) is 2.70. The van der Waals surface area contributed by atoms with Gasteiger partial charge in [0.15, 0.2) is 6.29 Å². The molecule has 10 rings (SSSR count). The van der Waals surface area contributed by atoms with Gasteiger partial charge in [0.25, 0.3) is 0 Å². The summed E-state index contributed by atoms with van der Waals surface area (Å²) in [5.41, 5.74) is 6.12. The quantitative estimate of drug-likeness (QED) is 0.129. The highest BCUT2D eigenvalue weighted by Crippen LogP contribution is 2.55. The molecule has 2 saturated heterocycles. The molecule has 4 N–H and O–H groups in total. The Balaban J connectivity index is 0.868. The van der Waals surface area contributed by atoms with Gasteiger partial charge in [0.1, 0.15) is 0 Å². The number of ether oxygens (including phenoxy) is 2. The van der Waals surface area contributed by atoms with Gasteiger partial charge in [-0.2, -0.15) is 0 Å². The average Bonchev–Trinajstić information content (AvgIpc) is 3.21. The molecule has 0 spiro atoms. The number of carbonyl (C=O) groups is 1. The molecule has 56 heavy (non-hydrogen) atoms. The summed E-state index contributed by atoms with van der Waals surface area (Å²) in [5, 5.41) is 28.5. The Morgan fingerprint density at radius 2 is 1.43 bits per heavy atom. The molecule has 6 aliphatic rings. The topological polar surface area (TPSA) is 103 Å². The van der Waals surface area contributed by atoms with Crippen LogP contribution in [0.2, 0.25) is 5.02 Å². The van der Waals surface area contributed by atoms with E-state index in [1.165, 1.54) is 19.3 Å². The molecule has 6 fully saturated rings. The van der Waals surface area contributed by atoms with E-state index >= 15 is 0 Å². The summed E-state index contributed by atoms with van der Waals surface area (Å²) >= 11 is 6.12.